The van der Waals surface area contributed by atoms with Crippen molar-refractivity contribution in [1.82, 2.24) is 4.98 Å². The quantitative estimate of drug-likeness (QED) is 0.652. The minimum absolute atomic E-state index is 0.237. The maximum Gasteiger partial charge on any atom is 0.234 e. The van der Waals surface area contributed by atoms with Crippen LogP contribution in [0.25, 0.3) is 0 Å². The zero-order valence-electron chi connectivity index (χ0n) is 10.4. The Hall–Kier alpha value is -2.21. The highest BCUT2D eigenvalue weighted by Gasteiger charge is 2.65. The summed E-state index contributed by atoms with van der Waals surface area (Å²) in [5, 5.41) is 11.3. The van der Waals surface area contributed by atoms with Crippen molar-refractivity contribution >= 4 is 17.6 Å². The highest BCUT2D eigenvalue weighted by Crippen LogP contribution is 2.52. The number of hydrogen-bond acceptors (Lipinski definition) is 5. The average molecular weight is 271 g/mol. The fourth-order valence-electron chi connectivity index (χ4n) is 3.50. The Labute approximate surface area is 114 Å². The van der Waals surface area contributed by atoms with Crippen LogP contribution in [-0.2, 0) is 14.3 Å². The lowest BCUT2D eigenvalue weighted by atomic mass is 9.77. The van der Waals surface area contributed by atoms with Gasteiger partial charge in [-0.15, -0.1) is 0 Å². The Morgan fingerprint density at radius 1 is 1.55 bits per heavy atom. The van der Waals surface area contributed by atoms with E-state index in [1.165, 1.54) is 0 Å². The van der Waals surface area contributed by atoms with Crippen LogP contribution in [0, 0.1) is 11.8 Å². The highest BCUT2D eigenvalue weighted by atomic mass is 16.5. The molecule has 3 aliphatic heterocycles. The number of nitrogens with zero attached hydrogens (tertiary/aromatic N) is 2. The van der Waals surface area contributed by atoms with Gasteiger partial charge in [-0.3, -0.25) is 9.78 Å². The molecule has 0 unspecified atom stereocenters. The van der Waals surface area contributed by atoms with E-state index in [4.69, 9.17) is 4.74 Å². The van der Waals surface area contributed by atoms with Crippen molar-refractivity contribution in [3.63, 3.8) is 0 Å². The van der Waals surface area contributed by atoms with Crippen LogP contribution in [0.5, 0.6) is 0 Å². The number of carbonyl (C=O) groups is 2. The van der Waals surface area contributed by atoms with E-state index in [-0.39, 0.29) is 5.91 Å². The summed E-state index contributed by atoms with van der Waals surface area (Å²) in [5.74, 6) is -3.08. The van der Waals surface area contributed by atoms with Crippen molar-refractivity contribution in [3.05, 3.63) is 36.7 Å². The summed E-state index contributed by atoms with van der Waals surface area (Å²) in [6.07, 6.45) is 6.19. The van der Waals surface area contributed by atoms with Crippen molar-refractivity contribution in [1.29, 1.82) is 0 Å². The summed E-state index contributed by atoms with van der Waals surface area (Å²) >= 11 is 0. The SMILES string of the molecule is O=C([O-])[C@H]1[C@H]2C=C[C@@]3(CN(c4cccnc4)C(=O)[C@@H]13)O2. The van der Waals surface area contributed by atoms with Gasteiger partial charge in [0.05, 0.1) is 30.5 Å². The zero-order valence-corrected chi connectivity index (χ0v) is 10.4. The third-order valence-corrected chi connectivity index (χ3v) is 4.33. The zero-order chi connectivity index (χ0) is 13.9. The predicted octanol–water partition coefficient (Wildman–Crippen LogP) is -0.882. The lowest BCUT2D eigenvalue weighted by molar-refractivity contribution is -0.313. The van der Waals surface area contributed by atoms with Crippen molar-refractivity contribution < 1.29 is 19.4 Å². The number of carboxylic acids is 1. The van der Waals surface area contributed by atoms with Gasteiger partial charge in [-0.25, -0.2) is 0 Å². The Morgan fingerprint density at radius 3 is 3.10 bits per heavy atom. The second-order valence-electron chi connectivity index (χ2n) is 5.35. The van der Waals surface area contributed by atoms with E-state index in [1.54, 1.807) is 35.5 Å². The molecule has 0 aromatic carbocycles. The molecular weight excluding hydrogens is 260 g/mol. The Bertz CT molecular complexity index is 629. The molecule has 4 atom stereocenters. The minimum atomic E-state index is -1.23. The lowest BCUT2D eigenvalue weighted by Crippen LogP contribution is -2.45. The standard InChI is InChI=1S/C14H12N2O4/c17-12-11-10(13(18)19)9-3-4-14(11,20-9)7-16(12)8-2-1-5-15-6-8/h1-6,9-11H,7H2,(H,18,19)/p-1/t9-,10+,11-,14+/m1/s1. The van der Waals surface area contributed by atoms with Crippen molar-refractivity contribution in [2.75, 3.05) is 11.4 Å². The summed E-state index contributed by atoms with van der Waals surface area (Å²) < 4.78 is 5.77. The maximum absolute atomic E-state index is 12.6. The normalized spacial score (nSPS) is 37.5. The molecule has 0 saturated carbocycles. The molecule has 1 spiro atoms. The largest absolute Gasteiger partial charge is 0.550 e. The Balaban J connectivity index is 1.76. The first-order valence-corrected chi connectivity index (χ1v) is 6.42. The van der Waals surface area contributed by atoms with E-state index in [0.29, 0.717) is 12.2 Å². The number of aromatic nitrogens is 1. The van der Waals surface area contributed by atoms with Crippen molar-refractivity contribution in [3.8, 4) is 0 Å². The number of amides is 1. The number of carboxylic acid groups (broad SMARTS) is 1. The van der Waals surface area contributed by atoms with Crippen LogP contribution in [-0.4, -0.2) is 35.1 Å². The molecule has 3 aliphatic rings. The summed E-state index contributed by atoms with van der Waals surface area (Å²) in [4.78, 5) is 29.4. The van der Waals surface area contributed by atoms with Gasteiger partial charge in [0.15, 0.2) is 0 Å². The molecule has 0 N–H and O–H groups in total. The summed E-state index contributed by atoms with van der Waals surface area (Å²) in [6, 6.07) is 3.51. The monoisotopic (exact) mass is 271 g/mol. The molecule has 0 radical (unpaired) electrons. The highest BCUT2D eigenvalue weighted by molar-refractivity contribution is 6.02. The molecule has 20 heavy (non-hydrogen) atoms. The molecular formula is C14H11N2O4-. The van der Waals surface area contributed by atoms with E-state index >= 15 is 0 Å². The van der Waals surface area contributed by atoms with E-state index < -0.39 is 29.5 Å². The van der Waals surface area contributed by atoms with Crippen LogP contribution >= 0.6 is 0 Å². The molecule has 4 rings (SSSR count). The molecule has 0 aliphatic carbocycles. The number of ether oxygens (including phenoxy) is 1. The minimum Gasteiger partial charge on any atom is -0.550 e. The number of pyridine rings is 1. The molecule has 2 saturated heterocycles. The summed E-state index contributed by atoms with van der Waals surface area (Å²) in [6.45, 7) is 0.318. The van der Waals surface area contributed by atoms with E-state index in [0.717, 1.165) is 0 Å². The van der Waals surface area contributed by atoms with Crippen LogP contribution in [0.2, 0.25) is 0 Å². The maximum atomic E-state index is 12.6. The van der Waals surface area contributed by atoms with Gasteiger partial charge in [-0.1, -0.05) is 12.2 Å². The molecule has 1 aromatic heterocycles. The van der Waals surface area contributed by atoms with E-state index in [1.807, 2.05) is 6.08 Å². The molecule has 102 valence electrons. The van der Waals surface area contributed by atoms with Crippen LogP contribution in [0.15, 0.2) is 36.7 Å². The van der Waals surface area contributed by atoms with Gasteiger partial charge in [0, 0.05) is 18.1 Å². The van der Waals surface area contributed by atoms with Gasteiger partial charge in [-0.05, 0) is 12.1 Å². The molecule has 2 bridgehead atoms. The van der Waals surface area contributed by atoms with Gasteiger partial charge in [0.1, 0.15) is 5.60 Å². The summed E-state index contributed by atoms with van der Waals surface area (Å²) in [7, 11) is 0. The number of carbonyl (C=O) groups excluding carboxylic acids is 2. The smallest absolute Gasteiger partial charge is 0.234 e. The van der Waals surface area contributed by atoms with Gasteiger partial charge >= 0.3 is 0 Å². The third-order valence-electron chi connectivity index (χ3n) is 4.33. The number of hydrogen-bond donors (Lipinski definition) is 0. The first kappa shape index (κ1) is 11.6. The molecule has 4 heterocycles. The van der Waals surface area contributed by atoms with E-state index in [2.05, 4.69) is 4.98 Å². The Kier molecular flexibility index (Phi) is 2.13. The first-order valence-electron chi connectivity index (χ1n) is 6.42. The van der Waals surface area contributed by atoms with Gasteiger partial charge in [0.2, 0.25) is 5.91 Å². The van der Waals surface area contributed by atoms with Crippen LogP contribution < -0.4 is 10.0 Å². The van der Waals surface area contributed by atoms with Gasteiger partial charge in [0.25, 0.3) is 0 Å². The second kappa shape index (κ2) is 3.67. The van der Waals surface area contributed by atoms with Crippen LogP contribution in [0.4, 0.5) is 5.69 Å². The molecule has 6 heteroatoms. The number of fused-ring (bicyclic) bond motifs is 1. The van der Waals surface area contributed by atoms with Crippen LogP contribution in [0.1, 0.15) is 0 Å². The first-order chi connectivity index (χ1) is 9.62. The van der Waals surface area contributed by atoms with Crippen LogP contribution in [0.3, 0.4) is 0 Å². The van der Waals surface area contributed by atoms with Crippen molar-refractivity contribution in [2.45, 2.75) is 11.7 Å². The topological polar surface area (TPSA) is 82.6 Å². The number of anilines is 1. The molecule has 2 fully saturated rings. The van der Waals surface area contributed by atoms with Gasteiger partial charge in [-0.2, -0.15) is 0 Å². The van der Waals surface area contributed by atoms with E-state index in [9.17, 15) is 14.7 Å². The summed E-state index contributed by atoms with van der Waals surface area (Å²) in [5.41, 5.74) is -0.179. The van der Waals surface area contributed by atoms with Crippen molar-refractivity contribution in [2.24, 2.45) is 11.8 Å². The lowest BCUT2D eigenvalue weighted by Gasteiger charge is -2.24. The Morgan fingerprint density at radius 2 is 2.40 bits per heavy atom. The fourth-order valence-corrected chi connectivity index (χ4v) is 3.50. The fraction of sp³-hybridized carbons (Fsp3) is 0.357. The second-order valence-corrected chi connectivity index (χ2v) is 5.35. The number of rotatable bonds is 2. The molecule has 1 amide bonds. The van der Waals surface area contributed by atoms with Gasteiger partial charge < -0.3 is 19.5 Å². The predicted molar refractivity (Wildman–Crippen MR) is 65.3 cm³/mol. The number of aliphatic carboxylic acids is 1. The molecule has 6 nitrogen and oxygen atoms in total. The third kappa shape index (κ3) is 1.29. The molecule has 1 aromatic rings. The average Bonchev–Trinajstić information content (AvgIpc) is 3.08.